The van der Waals surface area contributed by atoms with E-state index in [9.17, 15) is 24.3 Å². The Hall–Kier alpha value is -3.46. The highest BCUT2D eigenvalue weighted by atomic mass is 16.4. The van der Waals surface area contributed by atoms with Crippen molar-refractivity contribution in [2.45, 2.75) is 112 Å². The maximum Gasteiger partial charge on any atom is 0.335 e. The predicted octanol–water partition coefficient (Wildman–Crippen LogP) is 8.40. The molecule has 0 bridgehead atoms. The molecule has 0 aliphatic heterocycles. The SMILES string of the molecule is C=CC.CC1(C)C(c2ccc(C(=O)O)cc2)=CCC2(C)C1CCC1(C)C3CCC4(C(=O)NCCN(CCC(=O)O)CCC(=O)O)CCCC4C3CCC12. The van der Waals surface area contributed by atoms with Gasteiger partial charge in [0.05, 0.1) is 23.8 Å². The molecule has 5 aliphatic rings. The first-order valence-corrected chi connectivity index (χ1v) is 20.1. The van der Waals surface area contributed by atoms with Crippen LogP contribution < -0.4 is 5.32 Å². The molecule has 4 fully saturated rings. The number of hydrogen-bond donors (Lipinski definition) is 4. The van der Waals surface area contributed by atoms with Gasteiger partial charge in [-0.05, 0) is 134 Å². The largest absolute Gasteiger partial charge is 0.481 e. The molecule has 8 atom stereocenters. The number of carboxylic acids is 3. The third-order valence-corrected chi connectivity index (χ3v) is 15.0. The summed E-state index contributed by atoms with van der Waals surface area (Å²) < 4.78 is 0. The second-order valence-corrected chi connectivity index (χ2v) is 17.9. The Morgan fingerprint density at radius 3 is 2.06 bits per heavy atom. The number of hydrogen-bond acceptors (Lipinski definition) is 5. The number of carbonyl (C=O) groups excluding carboxylic acids is 1. The number of carboxylic acid groups (broad SMARTS) is 3. The van der Waals surface area contributed by atoms with Crippen LogP contribution in [0.25, 0.3) is 5.57 Å². The summed E-state index contributed by atoms with van der Waals surface area (Å²) in [6, 6.07) is 7.43. The lowest BCUT2D eigenvalue weighted by molar-refractivity contribution is -0.181. The smallest absolute Gasteiger partial charge is 0.335 e. The number of benzene rings is 1. The number of fused-ring (bicyclic) bond motifs is 7. The van der Waals surface area contributed by atoms with Gasteiger partial charge < -0.3 is 25.5 Å². The van der Waals surface area contributed by atoms with Crippen molar-refractivity contribution in [2.75, 3.05) is 26.2 Å². The topological polar surface area (TPSA) is 144 Å². The Balaban J connectivity index is 0.00000175. The van der Waals surface area contributed by atoms with Crippen LogP contribution in [0.5, 0.6) is 0 Å². The summed E-state index contributed by atoms with van der Waals surface area (Å²) in [6.07, 6.45) is 15.1. The Morgan fingerprint density at radius 1 is 0.811 bits per heavy atom. The van der Waals surface area contributed by atoms with Crippen LogP contribution in [0, 0.1) is 51.2 Å². The van der Waals surface area contributed by atoms with Crippen molar-refractivity contribution in [1.29, 1.82) is 0 Å². The standard InChI is InChI=1S/C41H58N2O7.C3H6/c1-38(2)29(26-7-9-27(10-8-26)36(48)49)13-19-40(4)32(38)15-20-39(3)30-14-21-41(18-5-6-31(41)28(30)11-12-33(39)40)37(50)42-22-25-43(23-16-34(44)45)24-17-35(46)47;1-3-2/h7-10,13,28,30-33H,5-6,11-12,14-25H2,1-4H3,(H,42,50)(H,44,45)(H,46,47)(H,48,49);3H,1H2,2H3. The van der Waals surface area contributed by atoms with Crippen molar-refractivity contribution in [3.63, 3.8) is 0 Å². The molecule has 1 aromatic carbocycles. The van der Waals surface area contributed by atoms with E-state index in [1.165, 1.54) is 31.3 Å². The molecule has 53 heavy (non-hydrogen) atoms. The van der Waals surface area contributed by atoms with Crippen LogP contribution in [0.2, 0.25) is 0 Å². The minimum atomic E-state index is -0.914. The fourth-order valence-corrected chi connectivity index (χ4v) is 12.8. The maximum atomic E-state index is 14.1. The maximum absolute atomic E-state index is 14.1. The van der Waals surface area contributed by atoms with E-state index in [0.29, 0.717) is 48.2 Å². The molecule has 8 unspecified atom stereocenters. The average Bonchev–Trinajstić information content (AvgIpc) is 3.55. The summed E-state index contributed by atoms with van der Waals surface area (Å²) in [5.74, 6) is 0.141. The zero-order chi connectivity index (χ0) is 38.8. The highest BCUT2D eigenvalue weighted by Crippen LogP contribution is 2.73. The molecule has 4 saturated carbocycles. The second kappa shape index (κ2) is 16.1. The zero-order valence-corrected chi connectivity index (χ0v) is 32.8. The number of nitrogens with one attached hydrogen (secondary N) is 1. The number of carbonyl (C=O) groups is 4. The van der Waals surface area contributed by atoms with Gasteiger partial charge in [-0.1, -0.05) is 58.4 Å². The number of allylic oxidation sites excluding steroid dienone is 3. The highest BCUT2D eigenvalue weighted by Gasteiger charge is 2.66. The van der Waals surface area contributed by atoms with Gasteiger partial charge in [0, 0.05) is 26.2 Å². The second-order valence-electron chi connectivity index (χ2n) is 17.9. The first kappa shape index (κ1) is 40.7. The van der Waals surface area contributed by atoms with Gasteiger partial charge in [-0.15, -0.1) is 6.58 Å². The van der Waals surface area contributed by atoms with Gasteiger partial charge in [0.25, 0.3) is 0 Å². The Morgan fingerprint density at radius 2 is 1.45 bits per heavy atom. The third kappa shape index (κ3) is 7.74. The van der Waals surface area contributed by atoms with Crippen molar-refractivity contribution in [3.05, 3.63) is 54.1 Å². The van der Waals surface area contributed by atoms with Crippen molar-refractivity contribution in [2.24, 2.45) is 51.2 Å². The average molecular weight is 733 g/mol. The van der Waals surface area contributed by atoms with Crippen LogP contribution >= 0.6 is 0 Å². The molecule has 0 spiro atoms. The Labute approximate surface area is 316 Å². The summed E-state index contributed by atoms with van der Waals surface area (Å²) in [5.41, 5.74) is 2.86. The summed E-state index contributed by atoms with van der Waals surface area (Å²) in [7, 11) is 0. The van der Waals surface area contributed by atoms with Crippen molar-refractivity contribution < 1.29 is 34.5 Å². The normalized spacial score (nSPS) is 33.8. The first-order chi connectivity index (χ1) is 25.0. The first-order valence-electron chi connectivity index (χ1n) is 20.1. The molecule has 5 aliphatic carbocycles. The van der Waals surface area contributed by atoms with E-state index in [1.54, 1.807) is 18.2 Å². The van der Waals surface area contributed by atoms with Gasteiger partial charge in [-0.3, -0.25) is 14.4 Å². The van der Waals surface area contributed by atoms with Gasteiger partial charge in [-0.2, -0.15) is 0 Å². The lowest BCUT2D eigenvalue weighted by Gasteiger charge is -2.68. The quantitative estimate of drug-likeness (QED) is 0.157. The number of rotatable bonds is 12. The van der Waals surface area contributed by atoms with Crippen LogP contribution in [0.3, 0.4) is 0 Å². The molecule has 4 N–H and O–H groups in total. The van der Waals surface area contributed by atoms with Gasteiger partial charge >= 0.3 is 17.9 Å². The molecular formula is C44H64N2O7. The fraction of sp³-hybridized carbons (Fsp3) is 0.682. The van der Waals surface area contributed by atoms with Gasteiger partial charge in [0.2, 0.25) is 5.91 Å². The molecule has 292 valence electrons. The fourth-order valence-electron chi connectivity index (χ4n) is 12.8. The highest BCUT2D eigenvalue weighted by molar-refractivity contribution is 5.88. The minimum absolute atomic E-state index is 0.0298. The van der Waals surface area contributed by atoms with E-state index in [0.717, 1.165) is 44.1 Å². The predicted molar refractivity (Wildman–Crippen MR) is 207 cm³/mol. The van der Waals surface area contributed by atoms with Crippen LogP contribution in [0.15, 0.2) is 43.0 Å². The van der Waals surface area contributed by atoms with Gasteiger partial charge in [-0.25, -0.2) is 4.79 Å². The number of aromatic carboxylic acids is 1. The van der Waals surface area contributed by atoms with Crippen molar-refractivity contribution in [3.8, 4) is 0 Å². The Kier molecular flexibility index (Phi) is 12.4. The summed E-state index contributed by atoms with van der Waals surface area (Å²) >= 11 is 0. The third-order valence-electron chi connectivity index (χ3n) is 15.0. The lowest BCUT2D eigenvalue weighted by atomic mass is 9.36. The van der Waals surface area contributed by atoms with E-state index in [1.807, 2.05) is 24.0 Å². The Bertz CT molecular complexity index is 1550. The number of amides is 1. The zero-order valence-electron chi connectivity index (χ0n) is 32.8. The molecule has 0 aromatic heterocycles. The molecule has 0 saturated heterocycles. The monoisotopic (exact) mass is 732 g/mol. The lowest BCUT2D eigenvalue weighted by Crippen LogP contribution is -2.62. The van der Waals surface area contributed by atoms with E-state index in [2.05, 4.69) is 45.7 Å². The van der Waals surface area contributed by atoms with Gasteiger partial charge in [0.15, 0.2) is 0 Å². The molecule has 9 nitrogen and oxygen atoms in total. The van der Waals surface area contributed by atoms with Crippen LogP contribution in [0.1, 0.15) is 128 Å². The molecule has 9 heteroatoms. The molecule has 6 rings (SSSR count). The van der Waals surface area contributed by atoms with E-state index >= 15 is 0 Å². The van der Waals surface area contributed by atoms with Crippen LogP contribution in [-0.4, -0.2) is 70.2 Å². The van der Waals surface area contributed by atoms with Crippen LogP contribution in [0.4, 0.5) is 0 Å². The summed E-state index contributed by atoms with van der Waals surface area (Å²) in [5, 5.41) is 31.0. The minimum Gasteiger partial charge on any atom is -0.481 e. The van der Waals surface area contributed by atoms with Crippen molar-refractivity contribution in [1.82, 2.24) is 10.2 Å². The molecule has 1 aromatic rings. The molecule has 0 heterocycles. The van der Waals surface area contributed by atoms with Gasteiger partial charge in [0.1, 0.15) is 0 Å². The molecule has 1 amide bonds. The summed E-state index contributed by atoms with van der Waals surface area (Å²) in [4.78, 5) is 49.8. The number of aliphatic carboxylic acids is 2. The molecule has 0 radical (unpaired) electrons. The van der Waals surface area contributed by atoms with Crippen LogP contribution in [-0.2, 0) is 14.4 Å². The number of nitrogens with zero attached hydrogens (tertiary/aromatic N) is 1. The van der Waals surface area contributed by atoms with E-state index < -0.39 is 17.9 Å². The summed E-state index contributed by atoms with van der Waals surface area (Å²) in [6.45, 7) is 16.6. The van der Waals surface area contributed by atoms with E-state index in [-0.39, 0.29) is 53.5 Å². The molecular weight excluding hydrogens is 668 g/mol. The van der Waals surface area contributed by atoms with Crippen molar-refractivity contribution >= 4 is 29.4 Å². The van der Waals surface area contributed by atoms with E-state index in [4.69, 9.17) is 10.2 Å².